The molecule has 2 aliphatic rings. The minimum absolute atomic E-state index is 0.0552. The molecule has 0 radical (unpaired) electrons. The van der Waals surface area contributed by atoms with Crippen LogP contribution in [0.25, 0.3) is 0 Å². The van der Waals surface area contributed by atoms with Crippen LogP contribution in [0.2, 0.25) is 0 Å². The molecule has 3 rings (SSSR count). The second kappa shape index (κ2) is 8.87. The second-order valence-electron chi connectivity index (χ2n) is 6.99. The molecule has 0 saturated carbocycles. The molecule has 0 aliphatic carbocycles. The quantitative estimate of drug-likeness (QED) is 0.778. The maximum atomic E-state index is 6.49. The van der Waals surface area contributed by atoms with Gasteiger partial charge >= 0.3 is 0 Å². The van der Waals surface area contributed by atoms with Crippen LogP contribution in [0.3, 0.4) is 0 Å². The van der Waals surface area contributed by atoms with E-state index >= 15 is 0 Å². The molecule has 0 aromatic carbocycles. The van der Waals surface area contributed by atoms with Gasteiger partial charge in [0.05, 0.1) is 25.9 Å². The Labute approximate surface area is 165 Å². The van der Waals surface area contributed by atoms with E-state index in [1.807, 2.05) is 32.1 Å². The van der Waals surface area contributed by atoms with Gasteiger partial charge in [0, 0.05) is 35.9 Å². The Morgan fingerprint density at radius 3 is 2.70 bits per heavy atom. The number of halogens is 1. The van der Waals surface area contributed by atoms with Gasteiger partial charge in [0.25, 0.3) is 0 Å². The smallest absolute Gasteiger partial charge is 0.222 e. The Balaban J connectivity index is 1.90. The van der Waals surface area contributed by atoms with Crippen LogP contribution >= 0.6 is 11.6 Å². The highest BCUT2D eigenvalue weighted by Gasteiger charge is 2.27. The maximum absolute atomic E-state index is 6.49. The molecule has 0 spiro atoms. The van der Waals surface area contributed by atoms with E-state index in [-0.39, 0.29) is 12.0 Å². The molecular formula is C20H27ClN4O2. The third-order valence-corrected chi connectivity index (χ3v) is 5.11. The number of hydrogen-bond donors (Lipinski definition) is 1. The first-order valence-electron chi connectivity index (χ1n) is 9.22. The number of rotatable bonds is 5. The van der Waals surface area contributed by atoms with Crippen LogP contribution < -0.4 is 10.6 Å². The summed E-state index contributed by atoms with van der Waals surface area (Å²) in [5, 5.41) is 0.725. The fourth-order valence-corrected chi connectivity index (χ4v) is 3.46. The second-order valence-corrected chi connectivity index (χ2v) is 7.56. The van der Waals surface area contributed by atoms with Crippen molar-refractivity contribution < 1.29 is 9.47 Å². The van der Waals surface area contributed by atoms with Gasteiger partial charge in [-0.1, -0.05) is 30.3 Å². The minimum Gasteiger partial charge on any atom is -0.380 e. The van der Waals surface area contributed by atoms with Crippen LogP contribution in [0.5, 0.6) is 0 Å². The lowest BCUT2D eigenvalue weighted by atomic mass is 9.96. The van der Waals surface area contributed by atoms with Crippen LogP contribution in [-0.2, 0) is 9.47 Å². The minimum atomic E-state index is -0.0552. The topological polar surface area (TPSA) is 73.5 Å². The van der Waals surface area contributed by atoms with E-state index < -0.39 is 0 Å². The molecule has 146 valence electrons. The van der Waals surface area contributed by atoms with E-state index in [4.69, 9.17) is 26.8 Å². The number of hydrogen-bond acceptors (Lipinski definition) is 6. The summed E-state index contributed by atoms with van der Waals surface area (Å²) in [6.45, 7) is 11.5. The molecule has 0 bridgehead atoms. The summed E-state index contributed by atoms with van der Waals surface area (Å²) in [6.07, 6.45) is 4.99. The third kappa shape index (κ3) is 4.89. The van der Waals surface area contributed by atoms with Crippen LogP contribution in [-0.4, -0.2) is 49.0 Å². The zero-order chi connectivity index (χ0) is 19.4. The molecule has 3 heterocycles. The largest absolute Gasteiger partial charge is 0.380 e. The van der Waals surface area contributed by atoms with Gasteiger partial charge in [-0.3, -0.25) is 0 Å². The average Bonchev–Trinajstić information content (AvgIpc) is 2.78. The van der Waals surface area contributed by atoms with Crippen molar-refractivity contribution in [2.24, 2.45) is 5.92 Å². The number of anilines is 2. The lowest BCUT2D eigenvalue weighted by Crippen LogP contribution is -2.40. The summed E-state index contributed by atoms with van der Waals surface area (Å²) < 4.78 is 11.1. The Bertz CT molecular complexity index is 734. The van der Waals surface area contributed by atoms with Crippen molar-refractivity contribution in [3.8, 4) is 0 Å². The molecule has 1 unspecified atom stereocenters. The molecule has 0 amide bonds. The summed E-state index contributed by atoms with van der Waals surface area (Å²) in [5.41, 5.74) is 8.77. The molecular weight excluding hydrogens is 364 g/mol. The fourth-order valence-electron chi connectivity index (χ4n) is 3.27. The fraction of sp³-hybridized carbons (Fsp3) is 0.500. The Morgan fingerprint density at radius 2 is 2.07 bits per heavy atom. The van der Waals surface area contributed by atoms with Crippen LogP contribution in [0.15, 0.2) is 41.0 Å². The predicted molar refractivity (Wildman–Crippen MR) is 109 cm³/mol. The van der Waals surface area contributed by atoms with Gasteiger partial charge in [-0.05, 0) is 31.4 Å². The number of aromatic nitrogens is 2. The molecule has 2 N–H and O–H groups in total. The normalized spacial score (nSPS) is 22.3. The summed E-state index contributed by atoms with van der Waals surface area (Å²) in [4.78, 5) is 10.8. The summed E-state index contributed by atoms with van der Waals surface area (Å²) in [7, 11) is 0. The predicted octanol–water partition coefficient (Wildman–Crippen LogP) is 3.23. The number of nitrogens with zero attached hydrogens (tertiary/aromatic N) is 3. The van der Waals surface area contributed by atoms with Gasteiger partial charge < -0.3 is 20.1 Å². The van der Waals surface area contributed by atoms with E-state index in [1.165, 1.54) is 0 Å². The van der Waals surface area contributed by atoms with E-state index in [0.717, 1.165) is 53.9 Å². The number of nitrogen functional groups attached to an aromatic ring is 1. The Hall–Kier alpha value is -1.89. The lowest BCUT2D eigenvalue weighted by molar-refractivity contribution is -0.0114. The van der Waals surface area contributed by atoms with E-state index in [1.54, 1.807) is 0 Å². The van der Waals surface area contributed by atoms with Crippen molar-refractivity contribution in [2.75, 3.05) is 43.6 Å². The van der Waals surface area contributed by atoms with E-state index in [9.17, 15) is 0 Å². The zero-order valence-electron chi connectivity index (χ0n) is 15.9. The molecule has 2 fully saturated rings. The summed E-state index contributed by atoms with van der Waals surface area (Å²) in [5.74, 6) is 1.46. The molecule has 1 aromatic rings. The third-order valence-electron chi connectivity index (χ3n) is 4.89. The highest BCUT2D eigenvalue weighted by atomic mass is 35.5. The summed E-state index contributed by atoms with van der Waals surface area (Å²) in [6, 6.07) is 1.89. The van der Waals surface area contributed by atoms with Gasteiger partial charge in [0.2, 0.25) is 5.95 Å². The molecule has 1 atom stereocenters. The number of aryl methyl sites for hydroxylation is 1. The molecule has 2 saturated heterocycles. The lowest BCUT2D eigenvalue weighted by Gasteiger charge is -2.32. The van der Waals surface area contributed by atoms with Gasteiger partial charge in [-0.25, -0.2) is 4.98 Å². The van der Waals surface area contributed by atoms with Crippen LogP contribution in [0.4, 0.5) is 11.8 Å². The molecule has 1 aromatic heterocycles. The van der Waals surface area contributed by atoms with Crippen molar-refractivity contribution in [3.63, 3.8) is 0 Å². The maximum Gasteiger partial charge on any atom is 0.222 e. The van der Waals surface area contributed by atoms with Gasteiger partial charge in [0.1, 0.15) is 5.82 Å². The standard InChI is InChI=1S/C20H27ClN4O2/c1-13(16-10-27-11-16)5-6-17(15(3)21)18-12-26-8-4-7-25(18)19-9-14(2)23-20(22)24-19/h5-6,9,16,18H,1,4,7-8,10-12H2,2-3H3,(H2,22,23,24)/b6-5-,17-15-. The van der Waals surface area contributed by atoms with Crippen LogP contribution in [0.1, 0.15) is 19.0 Å². The first-order valence-corrected chi connectivity index (χ1v) is 9.60. The number of allylic oxidation sites excluding steroid dienone is 2. The molecule has 2 aliphatic heterocycles. The van der Waals surface area contributed by atoms with Crippen molar-refractivity contribution >= 4 is 23.4 Å². The molecule has 7 heteroatoms. The van der Waals surface area contributed by atoms with Gasteiger partial charge in [0.15, 0.2) is 0 Å². The average molecular weight is 391 g/mol. The molecule has 6 nitrogen and oxygen atoms in total. The van der Waals surface area contributed by atoms with Gasteiger partial charge in [-0.2, -0.15) is 4.98 Å². The van der Waals surface area contributed by atoms with E-state index in [2.05, 4.69) is 21.4 Å². The van der Waals surface area contributed by atoms with Crippen molar-refractivity contribution in [2.45, 2.75) is 26.3 Å². The number of nitrogens with two attached hydrogens (primary N) is 1. The monoisotopic (exact) mass is 390 g/mol. The highest BCUT2D eigenvalue weighted by Crippen LogP contribution is 2.28. The first kappa shape index (κ1) is 19.9. The SMILES string of the molecule is C=C(/C=C\C(=C(/C)Cl)C1COCCCN1c1cc(C)nc(N)n1)C1COC1. The Kier molecular flexibility index (Phi) is 6.52. The molecule has 27 heavy (non-hydrogen) atoms. The van der Waals surface area contributed by atoms with Crippen LogP contribution in [0, 0.1) is 12.8 Å². The van der Waals surface area contributed by atoms with Crippen molar-refractivity contribution in [1.82, 2.24) is 9.97 Å². The number of ether oxygens (including phenoxy) is 2. The summed E-state index contributed by atoms with van der Waals surface area (Å²) >= 11 is 6.49. The Morgan fingerprint density at radius 1 is 1.30 bits per heavy atom. The first-order chi connectivity index (χ1) is 13.0. The van der Waals surface area contributed by atoms with E-state index in [0.29, 0.717) is 19.1 Å². The zero-order valence-corrected chi connectivity index (χ0v) is 16.7. The van der Waals surface area contributed by atoms with Crippen molar-refractivity contribution in [1.29, 1.82) is 0 Å². The van der Waals surface area contributed by atoms with Crippen molar-refractivity contribution in [3.05, 3.63) is 46.7 Å². The van der Waals surface area contributed by atoms with Gasteiger partial charge in [-0.15, -0.1) is 0 Å². The highest BCUT2D eigenvalue weighted by molar-refractivity contribution is 6.29.